The molecule has 0 bridgehead atoms. The zero-order valence-electron chi connectivity index (χ0n) is 15.8. The van der Waals surface area contributed by atoms with Gasteiger partial charge in [-0.05, 0) is 44.5 Å². The lowest BCUT2D eigenvalue weighted by Crippen LogP contribution is -2.30. The van der Waals surface area contributed by atoms with Crippen molar-refractivity contribution in [1.29, 1.82) is 0 Å². The Morgan fingerprint density at radius 1 is 1.14 bits per heavy atom. The highest BCUT2D eigenvalue weighted by Crippen LogP contribution is 2.34. The molecule has 2 aromatic heterocycles. The summed E-state index contributed by atoms with van der Waals surface area (Å²) in [6.45, 7) is 4.71. The predicted octanol–water partition coefficient (Wildman–Crippen LogP) is 4.11. The van der Waals surface area contributed by atoms with E-state index in [-0.39, 0.29) is 18.6 Å². The number of rotatable bonds is 9. The van der Waals surface area contributed by atoms with Crippen LogP contribution in [0.15, 0.2) is 36.4 Å². The van der Waals surface area contributed by atoms with E-state index in [0.29, 0.717) is 24.4 Å². The van der Waals surface area contributed by atoms with Crippen molar-refractivity contribution in [3.8, 4) is 9.88 Å². The van der Waals surface area contributed by atoms with Gasteiger partial charge < -0.3 is 14.8 Å². The summed E-state index contributed by atoms with van der Waals surface area (Å²) in [5, 5.41) is 3.58. The maximum absolute atomic E-state index is 12.2. The van der Waals surface area contributed by atoms with Crippen LogP contribution in [0.1, 0.15) is 29.9 Å². The normalized spacial score (nSPS) is 11.1. The molecule has 1 amide bonds. The second-order valence-electron chi connectivity index (χ2n) is 6.35. The fourth-order valence-corrected chi connectivity index (χ4v) is 4.33. The van der Waals surface area contributed by atoms with Crippen molar-refractivity contribution in [3.05, 3.63) is 41.3 Å². The molecule has 2 heterocycles. The fraction of sp³-hybridized carbons (Fsp3) is 0.350. The molecular formula is C20H22N2O4S2. The summed E-state index contributed by atoms with van der Waals surface area (Å²) in [4.78, 5) is 29.9. The number of amides is 1. The highest BCUT2D eigenvalue weighted by molar-refractivity contribution is 7.26. The number of para-hydroxylation sites is 1. The van der Waals surface area contributed by atoms with Gasteiger partial charge in [-0.2, -0.15) is 0 Å². The molecule has 0 saturated heterocycles. The standard InChI is InChI=1S/C20H22N2O4S2/c1-13(2)25-11-5-10-21-18(23)12-26-20(24)17-9-8-16(27-17)19-22-14-6-3-4-7-15(14)28-19/h3-4,6-9,13H,5,10-12H2,1-2H3,(H,21,23). The molecule has 0 radical (unpaired) electrons. The predicted molar refractivity (Wildman–Crippen MR) is 112 cm³/mol. The van der Waals surface area contributed by atoms with E-state index in [1.165, 1.54) is 11.3 Å². The number of hydrogen-bond donors (Lipinski definition) is 1. The van der Waals surface area contributed by atoms with E-state index >= 15 is 0 Å². The first kappa shape index (κ1) is 20.4. The molecule has 28 heavy (non-hydrogen) atoms. The quantitative estimate of drug-likeness (QED) is 0.418. The van der Waals surface area contributed by atoms with Gasteiger partial charge in [-0.1, -0.05) is 12.1 Å². The van der Waals surface area contributed by atoms with Crippen LogP contribution in [-0.2, 0) is 14.3 Å². The van der Waals surface area contributed by atoms with Gasteiger partial charge in [-0.3, -0.25) is 4.79 Å². The van der Waals surface area contributed by atoms with Gasteiger partial charge in [0.25, 0.3) is 5.91 Å². The van der Waals surface area contributed by atoms with Crippen molar-refractivity contribution in [3.63, 3.8) is 0 Å². The molecule has 3 aromatic rings. The minimum atomic E-state index is -0.504. The van der Waals surface area contributed by atoms with Crippen LogP contribution in [0.2, 0.25) is 0 Å². The van der Waals surface area contributed by atoms with Gasteiger partial charge in [0.15, 0.2) is 6.61 Å². The number of carbonyl (C=O) groups excluding carboxylic acids is 2. The van der Waals surface area contributed by atoms with Gasteiger partial charge in [-0.15, -0.1) is 22.7 Å². The first-order chi connectivity index (χ1) is 13.5. The van der Waals surface area contributed by atoms with Crippen molar-refractivity contribution in [2.75, 3.05) is 19.8 Å². The van der Waals surface area contributed by atoms with Gasteiger partial charge in [0.2, 0.25) is 0 Å². The SMILES string of the molecule is CC(C)OCCCNC(=O)COC(=O)c1ccc(-c2nc3ccccc3s2)s1. The molecule has 8 heteroatoms. The van der Waals surface area contributed by atoms with Crippen LogP contribution < -0.4 is 5.32 Å². The third-order valence-electron chi connectivity index (χ3n) is 3.74. The lowest BCUT2D eigenvalue weighted by atomic mass is 10.3. The number of hydrogen-bond acceptors (Lipinski definition) is 7. The Labute approximate surface area is 171 Å². The van der Waals surface area contributed by atoms with Crippen molar-refractivity contribution in [1.82, 2.24) is 10.3 Å². The number of nitrogens with zero attached hydrogens (tertiary/aromatic N) is 1. The zero-order valence-corrected chi connectivity index (χ0v) is 17.4. The molecular weight excluding hydrogens is 396 g/mol. The lowest BCUT2D eigenvalue weighted by molar-refractivity contribution is -0.124. The molecule has 0 aliphatic rings. The first-order valence-corrected chi connectivity index (χ1v) is 10.7. The molecule has 0 unspecified atom stereocenters. The van der Waals surface area contributed by atoms with Crippen LogP contribution in [-0.4, -0.2) is 42.7 Å². The maximum atomic E-state index is 12.2. The minimum absolute atomic E-state index is 0.176. The lowest BCUT2D eigenvalue weighted by Gasteiger charge is -2.08. The molecule has 148 valence electrons. The van der Waals surface area contributed by atoms with Crippen molar-refractivity contribution in [2.45, 2.75) is 26.4 Å². The molecule has 0 atom stereocenters. The zero-order chi connectivity index (χ0) is 19.9. The van der Waals surface area contributed by atoms with Crippen LogP contribution in [0, 0.1) is 0 Å². The first-order valence-electron chi connectivity index (χ1n) is 9.04. The second kappa shape index (κ2) is 9.77. The molecule has 0 spiro atoms. The van der Waals surface area contributed by atoms with Crippen LogP contribution in [0.4, 0.5) is 0 Å². The average Bonchev–Trinajstić information content (AvgIpc) is 3.32. The molecule has 0 aliphatic carbocycles. The summed E-state index contributed by atoms with van der Waals surface area (Å²) in [5.41, 5.74) is 0.940. The minimum Gasteiger partial charge on any atom is -0.451 e. The van der Waals surface area contributed by atoms with Gasteiger partial charge >= 0.3 is 5.97 Å². The number of fused-ring (bicyclic) bond motifs is 1. The number of benzene rings is 1. The topological polar surface area (TPSA) is 77.5 Å². The van der Waals surface area contributed by atoms with E-state index in [1.54, 1.807) is 17.4 Å². The van der Waals surface area contributed by atoms with Crippen LogP contribution in [0.3, 0.4) is 0 Å². The summed E-state index contributed by atoms with van der Waals surface area (Å²) >= 11 is 2.89. The highest BCUT2D eigenvalue weighted by atomic mass is 32.1. The Morgan fingerprint density at radius 2 is 1.96 bits per heavy atom. The van der Waals surface area contributed by atoms with Crippen molar-refractivity contribution in [2.24, 2.45) is 0 Å². The van der Waals surface area contributed by atoms with E-state index in [9.17, 15) is 9.59 Å². The fourth-order valence-electron chi connectivity index (χ4n) is 2.41. The van der Waals surface area contributed by atoms with Gasteiger partial charge in [0.1, 0.15) is 9.88 Å². The number of carbonyl (C=O) groups is 2. The van der Waals surface area contributed by atoms with Gasteiger partial charge in [0.05, 0.1) is 21.2 Å². The number of thiazole rings is 1. The second-order valence-corrected chi connectivity index (χ2v) is 8.46. The van der Waals surface area contributed by atoms with Crippen molar-refractivity contribution < 1.29 is 19.1 Å². The van der Waals surface area contributed by atoms with E-state index in [1.807, 2.05) is 44.2 Å². The monoisotopic (exact) mass is 418 g/mol. The molecule has 6 nitrogen and oxygen atoms in total. The van der Waals surface area contributed by atoms with Crippen LogP contribution in [0.25, 0.3) is 20.1 Å². The summed E-state index contributed by atoms with van der Waals surface area (Å²) in [7, 11) is 0. The molecule has 0 aliphatic heterocycles. The molecule has 0 saturated carbocycles. The molecule has 1 N–H and O–H groups in total. The van der Waals surface area contributed by atoms with E-state index in [0.717, 1.165) is 20.1 Å². The summed E-state index contributed by atoms with van der Waals surface area (Å²) in [6.07, 6.45) is 0.893. The van der Waals surface area contributed by atoms with Crippen LogP contribution in [0.5, 0.6) is 0 Å². The summed E-state index contributed by atoms with van der Waals surface area (Å²) in [6, 6.07) is 11.5. The van der Waals surface area contributed by atoms with Crippen molar-refractivity contribution >= 4 is 44.8 Å². The number of nitrogens with one attached hydrogen (secondary N) is 1. The largest absolute Gasteiger partial charge is 0.451 e. The summed E-state index contributed by atoms with van der Waals surface area (Å²) < 4.78 is 11.6. The number of thiophene rings is 1. The van der Waals surface area contributed by atoms with Gasteiger partial charge in [0, 0.05) is 13.2 Å². The highest BCUT2D eigenvalue weighted by Gasteiger charge is 2.15. The number of aromatic nitrogens is 1. The summed E-state index contributed by atoms with van der Waals surface area (Å²) in [5.74, 6) is -0.823. The Bertz CT molecular complexity index is 915. The Hall–Kier alpha value is -2.29. The molecule has 0 fully saturated rings. The van der Waals surface area contributed by atoms with Gasteiger partial charge in [-0.25, -0.2) is 9.78 Å². The smallest absolute Gasteiger partial charge is 0.348 e. The van der Waals surface area contributed by atoms with E-state index in [4.69, 9.17) is 9.47 Å². The Balaban J connectivity index is 1.47. The number of ether oxygens (including phenoxy) is 2. The maximum Gasteiger partial charge on any atom is 0.348 e. The van der Waals surface area contributed by atoms with Crippen LogP contribution >= 0.6 is 22.7 Å². The third-order valence-corrected chi connectivity index (χ3v) is 6.01. The van der Waals surface area contributed by atoms with E-state index < -0.39 is 5.97 Å². The average molecular weight is 419 g/mol. The Morgan fingerprint density at radius 3 is 2.75 bits per heavy atom. The molecule has 1 aromatic carbocycles. The molecule has 3 rings (SSSR count). The Kier molecular flexibility index (Phi) is 7.13. The number of esters is 1. The van der Waals surface area contributed by atoms with E-state index in [2.05, 4.69) is 10.3 Å². The third kappa shape index (κ3) is 5.60.